The van der Waals surface area contributed by atoms with Crippen molar-refractivity contribution in [3.05, 3.63) is 36.0 Å². The smallest absolute Gasteiger partial charge is 0.153 e. The van der Waals surface area contributed by atoms with Crippen LogP contribution in [0, 0.1) is 5.92 Å². The number of nitrogen functional groups attached to an aromatic ring is 1. The zero-order chi connectivity index (χ0) is 13.8. The van der Waals surface area contributed by atoms with Crippen LogP contribution in [-0.2, 0) is 6.42 Å². The van der Waals surface area contributed by atoms with E-state index in [0.717, 1.165) is 17.9 Å². The van der Waals surface area contributed by atoms with Gasteiger partial charge in [0.1, 0.15) is 0 Å². The first-order valence-corrected chi connectivity index (χ1v) is 7.72. The van der Waals surface area contributed by atoms with E-state index in [2.05, 4.69) is 34.5 Å². The van der Waals surface area contributed by atoms with Crippen LogP contribution >= 0.6 is 0 Å². The van der Waals surface area contributed by atoms with E-state index in [1.807, 2.05) is 6.07 Å². The standard InChI is InChI=1S/C17H23N3/c18-17-16(14-10-6-3-7-11-14)15(19-20-17)12-13-8-4-1-2-5-9-13/h3,6-7,10-11,13H,1-2,4-5,8-9,12H2,(H3,18,19,20). The van der Waals surface area contributed by atoms with E-state index in [1.54, 1.807) is 0 Å². The van der Waals surface area contributed by atoms with E-state index >= 15 is 0 Å². The molecule has 1 saturated carbocycles. The summed E-state index contributed by atoms with van der Waals surface area (Å²) in [7, 11) is 0. The Balaban J connectivity index is 1.83. The van der Waals surface area contributed by atoms with Crippen molar-refractivity contribution in [1.82, 2.24) is 10.2 Å². The molecule has 0 radical (unpaired) electrons. The molecular formula is C17H23N3. The summed E-state index contributed by atoms with van der Waals surface area (Å²) < 4.78 is 0. The highest BCUT2D eigenvalue weighted by atomic mass is 15.2. The van der Waals surface area contributed by atoms with Crippen LogP contribution < -0.4 is 5.73 Å². The number of hydrogen-bond donors (Lipinski definition) is 2. The summed E-state index contributed by atoms with van der Waals surface area (Å²) in [6, 6.07) is 10.4. The van der Waals surface area contributed by atoms with E-state index in [4.69, 9.17) is 5.73 Å². The van der Waals surface area contributed by atoms with E-state index in [0.29, 0.717) is 5.82 Å². The number of rotatable bonds is 3. The maximum Gasteiger partial charge on any atom is 0.153 e. The van der Waals surface area contributed by atoms with Gasteiger partial charge in [-0.1, -0.05) is 68.9 Å². The Morgan fingerprint density at radius 1 is 1.05 bits per heavy atom. The van der Waals surface area contributed by atoms with Crippen LogP contribution in [0.25, 0.3) is 11.1 Å². The average Bonchev–Trinajstić information content (AvgIpc) is 2.67. The van der Waals surface area contributed by atoms with Crippen LogP contribution in [0.1, 0.15) is 44.2 Å². The van der Waals surface area contributed by atoms with E-state index in [1.165, 1.54) is 49.8 Å². The third-order valence-electron chi connectivity index (χ3n) is 4.40. The van der Waals surface area contributed by atoms with E-state index < -0.39 is 0 Å². The number of nitrogens with zero attached hydrogens (tertiary/aromatic N) is 1. The van der Waals surface area contributed by atoms with Crippen LogP contribution in [0.15, 0.2) is 30.3 Å². The fourth-order valence-electron chi connectivity index (χ4n) is 3.33. The van der Waals surface area contributed by atoms with Gasteiger partial charge in [0.25, 0.3) is 0 Å². The van der Waals surface area contributed by atoms with Gasteiger partial charge in [0.2, 0.25) is 0 Å². The Morgan fingerprint density at radius 3 is 2.45 bits per heavy atom. The van der Waals surface area contributed by atoms with Crippen molar-refractivity contribution in [2.75, 3.05) is 5.73 Å². The third kappa shape index (κ3) is 2.87. The van der Waals surface area contributed by atoms with Gasteiger partial charge in [-0.25, -0.2) is 0 Å². The summed E-state index contributed by atoms with van der Waals surface area (Å²) in [5, 5.41) is 7.40. The van der Waals surface area contributed by atoms with Gasteiger partial charge < -0.3 is 5.73 Å². The molecule has 1 aromatic heterocycles. The van der Waals surface area contributed by atoms with Gasteiger partial charge in [-0.3, -0.25) is 5.10 Å². The molecule has 3 rings (SSSR count). The lowest BCUT2D eigenvalue weighted by atomic mass is 9.92. The Labute approximate surface area is 120 Å². The maximum absolute atomic E-state index is 6.07. The summed E-state index contributed by atoms with van der Waals surface area (Å²) in [6.45, 7) is 0. The molecule has 0 spiro atoms. The monoisotopic (exact) mass is 269 g/mol. The molecule has 1 aliphatic rings. The summed E-state index contributed by atoms with van der Waals surface area (Å²) in [6.07, 6.45) is 9.29. The molecule has 20 heavy (non-hydrogen) atoms. The number of anilines is 1. The van der Waals surface area contributed by atoms with Gasteiger partial charge in [-0.15, -0.1) is 0 Å². The molecule has 0 unspecified atom stereocenters. The molecule has 0 atom stereocenters. The molecule has 1 aliphatic carbocycles. The molecule has 0 bridgehead atoms. The Morgan fingerprint density at radius 2 is 1.75 bits per heavy atom. The zero-order valence-electron chi connectivity index (χ0n) is 11.9. The van der Waals surface area contributed by atoms with Gasteiger partial charge >= 0.3 is 0 Å². The fraction of sp³-hybridized carbons (Fsp3) is 0.471. The number of hydrogen-bond acceptors (Lipinski definition) is 2. The number of aromatic nitrogens is 2. The van der Waals surface area contributed by atoms with E-state index in [-0.39, 0.29) is 0 Å². The minimum absolute atomic E-state index is 0.625. The molecule has 0 aliphatic heterocycles. The summed E-state index contributed by atoms with van der Waals surface area (Å²) in [5.74, 6) is 1.40. The Kier molecular flexibility index (Phi) is 4.05. The first kappa shape index (κ1) is 13.2. The number of benzene rings is 1. The number of nitrogens with one attached hydrogen (secondary N) is 1. The topological polar surface area (TPSA) is 54.7 Å². The lowest BCUT2D eigenvalue weighted by Gasteiger charge is -2.14. The highest BCUT2D eigenvalue weighted by Gasteiger charge is 2.18. The molecule has 1 fully saturated rings. The van der Waals surface area contributed by atoms with Gasteiger partial charge in [-0.05, 0) is 17.9 Å². The minimum atomic E-state index is 0.625. The molecule has 0 saturated heterocycles. The molecule has 106 valence electrons. The largest absolute Gasteiger partial charge is 0.382 e. The first-order valence-electron chi connectivity index (χ1n) is 7.72. The molecule has 1 heterocycles. The Bertz CT molecular complexity index is 537. The zero-order valence-corrected chi connectivity index (χ0v) is 11.9. The molecule has 3 N–H and O–H groups in total. The normalized spacial score (nSPS) is 17.0. The van der Waals surface area contributed by atoms with Crippen molar-refractivity contribution in [3.63, 3.8) is 0 Å². The van der Waals surface area contributed by atoms with Crippen molar-refractivity contribution < 1.29 is 0 Å². The van der Waals surface area contributed by atoms with Crippen molar-refractivity contribution in [1.29, 1.82) is 0 Å². The van der Waals surface area contributed by atoms with Crippen LogP contribution in [0.5, 0.6) is 0 Å². The lowest BCUT2D eigenvalue weighted by molar-refractivity contribution is 0.453. The van der Waals surface area contributed by atoms with Crippen molar-refractivity contribution in [2.45, 2.75) is 44.9 Å². The predicted octanol–water partition coefficient (Wildman–Crippen LogP) is 4.17. The lowest BCUT2D eigenvalue weighted by Crippen LogP contribution is -2.04. The molecule has 3 nitrogen and oxygen atoms in total. The highest BCUT2D eigenvalue weighted by molar-refractivity contribution is 5.76. The van der Waals surface area contributed by atoms with Crippen molar-refractivity contribution in [2.24, 2.45) is 5.92 Å². The van der Waals surface area contributed by atoms with Crippen LogP contribution in [0.2, 0.25) is 0 Å². The predicted molar refractivity (Wildman–Crippen MR) is 83.3 cm³/mol. The van der Waals surface area contributed by atoms with Crippen molar-refractivity contribution >= 4 is 5.82 Å². The van der Waals surface area contributed by atoms with E-state index in [9.17, 15) is 0 Å². The average molecular weight is 269 g/mol. The second kappa shape index (κ2) is 6.12. The summed E-state index contributed by atoms with van der Waals surface area (Å²) in [5.41, 5.74) is 9.55. The first-order chi connectivity index (χ1) is 9.84. The number of aromatic amines is 1. The number of H-pyrrole nitrogens is 1. The van der Waals surface area contributed by atoms with Crippen molar-refractivity contribution in [3.8, 4) is 11.1 Å². The molecule has 1 aromatic carbocycles. The molecule has 2 aromatic rings. The van der Waals surface area contributed by atoms with Crippen LogP contribution in [0.3, 0.4) is 0 Å². The Hall–Kier alpha value is -1.77. The van der Waals surface area contributed by atoms with Gasteiger partial charge in [-0.2, -0.15) is 5.10 Å². The molecule has 3 heteroatoms. The highest BCUT2D eigenvalue weighted by Crippen LogP contribution is 2.32. The maximum atomic E-state index is 6.07. The minimum Gasteiger partial charge on any atom is -0.382 e. The SMILES string of the molecule is Nc1n[nH]c(CC2CCCCCC2)c1-c1ccccc1. The quantitative estimate of drug-likeness (QED) is 0.822. The summed E-state index contributed by atoms with van der Waals surface area (Å²) in [4.78, 5) is 0. The van der Waals surface area contributed by atoms with Gasteiger partial charge in [0, 0.05) is 11.3 Å². The number of nitrogens with two attached hydrogens (primary N) is 1. The second-order valence-corrected chi connectivity index (χ2v) is 5.89. The van der Waals surface area contributed by atoms with Gasteiger partial charge in [0.15, 0.2) is 5.82 Å². The van der Waals surface area contributed by atoms with Crippen LogP contribution in [-0.4, -0.2) is 10.2 Å². The molecule has 0 amide bonds. The van der Waals surface area contributed by atoms with Gasteiger partial charge in [0.05, 0.1) is 0 Å². The second-order valence-electron chi connectivity index (χ2n) is 5.89. The third-order valence-corrected chi connectivity index (χ3v) is 4.40. The molecular weight excluding hydrogens is 246 g/mol. The summed E-state index contributed by atoms with van der Waals surface area (Å²) >= 11 is 0. The fourth-order valence-corrected chi connectivity index (χ4v) is 3.33. The van der Waals surface area contributed by atoms with Crippen LogP contribution in [0.4, 0.5) is 5.82 Å².